The van der Waals surface area contributed by atoms with E-state index in [-0.39, 0.29) is 35.3 Å². The van der Waals surface area contributed by atoms with Gasteiger partial charge in [-0.05, 0) is 12.1 Å². The number of hydrogen-bond acceptors (Lipinski definition) is 5. The van der Waals surface area contributed by atoms with Gasteiger partial charge in [-0.2, -0.15) is 13.2 Å². The van der Waals surface area contributed by atoms with E-state index < -0.39 is 27.7 Å². The van der Waals surface area contributed by atoms with Crippen LogP contribution in [0.3, 0.4) is 0 Å². The summed E-state index contributed by atoms with van der Waals surface area (Å²) in [5, 5.41) is 12.7. The van der Waals surface area contributed by atoms with Gasteiger partial charge in [-0.15, -0.1) is 0 Å². The van der Waals surface area contributed by atoms with Gasteiger partial charge in [-0.3, -0.25) is 14.9 Å². The van der Waals surface area contributed by atoms with Crippen LogP contribution >= 0.6 is 23.2 Å². The Morgan fingerprint density at radius 3 is 2.59 bits per heavy atom. The molecule has 7 nitrogen and oxygen atoms in total. The maximum Gasteiger partial charge on any atom is 0.416 e. The molecular formula is C15H10Cl2F3N3O4. The van der Waals surface area contributed by atoms with Crippen LogP contribution in [0.4, 0.5) is 18.9 Å². The van der Waals surface area contributed by atoms with Crippen molar-refractivity contribution < 1.29 is 27.6 Å². The van der Waals surface area contributed by atoms with Crippen LogP contribution in [0.2, 0.25) is 10.2 Å². The second-order valence-electron chi connectivity index (χ2n) is 5.04. The van der Waals surface area contributed by atoms with Gasteiger partial charge in [0.15, 0.2) is 0 Å². The van der Waals surface area contributed by atoms with Crippen molar-refractivity contribution in [3.05, 3.63) is 61.7 Å². The predicted octanol–water partition coefficient (Wildman–Crippen LogP) is 4.12. The van der Waals surface area contributed by atoms with Crippen LogP contribution in [0.15, 0.2) is 30.3 Å². The molecule has 27 heavy (non-hydrogen) atoms. The van der Waals surface area contributed by atoms with Gasteiger partial charge in [0.2, 0.25) is 5.88 Å². The van der Waals surface area contributed by atoms with Crippen molar-refractivity contribution in [2.24, 2.45) is 0 Å². The molecule has 0 spiro atoms. The Morgan fingerprint density at radius 2 is 1.96 bits per heavy atom. The van der Waals surface area contributed by atoms with Crippen molar-refractivity contribution in [3.8, 4) is 5.88 Å². The van der Waals surface area contributed by atoms with E-state index in [1.807, 2.05) is 0 Å². The first-order valence-corrected chi connectivity index (χ1v) is 7.93. The smallest absolute Gasteiger partial charge is 0.416 e. The molecule has 0 radical (unpaired) electrons. The minimum Gasteiger partial charge on any atom is -0.476 e. The van der Waals surface area contributed by atoms with E-state index in [2.05, 4.69) is 10.3 Å². The third-order valence-electron chi connectivity index (χ3n) is 3.14. The highest BCUT2D eigenvalue weighted by atomic mass is 35.5. The quantitative estimate of drug-likeness (QED) is 0.326. The fourth-order valence-corrected chi connectivity index (χ4v) is 2.33. The summed E-state index contributed by atoms with van der Waals surface area (Å²) in [7, 11) is 0. The third kappa shape index (κ3) is 5.69. The van der Waals surface area contributed by atoms with Crippen LogP contribution in [-0.4, -0.2) is 29.0 Å². The number of nitro benzene ring substituents is 1. The van der Waals surface area contributed by atoms with E-state index in [0.717, 1.165) is 12.1 Å². The molecule has 1 heterocycles. The molecule has 12 heteroatoms. The van der Waals surface area contributed by atoms with Gasteiger partial charge in [-0.1, -0.05) is 23.2 Å². The Balaban J connectivity index is 1.96. The van der Waals surface area contributed by atoms with Crippen LogP contribution in [0.1, 0.15) is 15.9 Å². The fourth-order valence-electron chi connectivity index (χ4n) is 1.93. The van der Waals surface area contributed by atoms with E-state index in [1.54, 1.807) is 0 Å². The summed E-state index contributed by atoms with van der Waals surface area (Å²) in [5.74, 6) is -1.07. The molecule has 0 saturated heterocycles. The van der Waals surface area contributed by atoms with Crippen LogP contribution < -0.4 is 10.1 Å². The first-order chi connectivity index (χ1) is 12.6. The summed E-state index contributed by atoms with van der Waals surface area (Å²) in [5.41, 5.74) is -1.46. The van der Waals surface area contributed by atoms with Crippen molar-refractivity contribution in [2.75, 3.05) is 13.2 Å². The number of carbonyl (C=O) groups excluding carboxylic acids is 1. The highest BCUT2D eigenvalue weighted by Crippen LogP contribution is 2.32. The summed E-state index contributed by atoms with van der Waals surface area (Å²) >= 11 is 11.4. The number of non-ortho nitro benzene ring substituents is 1. The monoisotopic (exact) mass is 423 g/mol. The number of pyridine rings is 1. The van der Waals surface area contributed by atoms with Gasteiger partial charge in [0.05, 0.1) is 27.6 Å². The minimum atomic E-state index is -4.61. The second kappa shape index (κ2) is 8.40. The molecule has 0 atom stereocenters. The summed E-state index contributed by atoms with van der Waals surface area (Å²) in [6.45, 7) is -0.337. The number of nitrogens with zero attached hydrogens (tertiary/aromatic N) is 2. The summed E-state index contributed by atoms with van der Waals surface area (Å²) in [4.78, 5) is 25.7. The highest BCUT2D eigenvalue weighted by molar-refractivity contribution is 6.34. The summed E-state index contributed by atoms with van der Waals surface area (Å²) < 4.78 is 43.1. The molecule has 1 amide bonds. The van der Waals surface area contributed by atoms with E-state index in [9.17, 15) is 28.1 Å². The molecule has 0 bridgehead atoms. The number of hydrogen-bond donors (Lipinski definition) is 1. The Labute approximate surface area is 160 Å². The van der Waals surface area contributed by atoms with Crippen molar-refractivity contribution in [1.29, 1.82) is 0 Å². The van der Waals surface area contributed by atoms with Gasteiger partial charge in [-0.25, -0.2) is 4.98 Å². The number of ether oxygens (including phenoxy) is 1. The number of alkyl halides is 3. The number of benzene rings is 1. The van der Waals surface area contributed by atoms with E-state index in [1.165, 1.54) is 6.07 Å². The number of nitro groups is 1. The van der Waals surface area contributed by atoms with Crippen LogP contribution in [-0.2, 0) is 6.18 Å². The Kier molecular flexibility index (Phi) is 6.45. The van der Waals surface area contributed by atoms with Gasteiger partial charge in [0, 0.05) is 18.2 Å². The molecule has 0 unspecified atom stereocenters. The summed E-state index contributed by atoms with van der Waals surface area (Å²) in [6.07, 6.45) is -4.61. The lowest BCUT2D eigenvalue weighted by atomic mass is 10.2. The first kappa shape index (κ1) is 20.7. The summed E-state index contributed by atoms with van der Waals surface area (Å²) in [6, 6.07) is 4.68. The Hall–Kier alpha value is -2.59. The molecule has 0 aliphatic rings. The molecule has 1 aromatic heterocycles. The lowest BCUT2D eigenvalue weighted by Gasteiger charge is -2.11. The average Bonchev–Trinajstić information content (AvgIpc) is 2.57. The minimum absolute atomic E-state index is 0.00495. The molecule has 2 rings (SSSR count). The van der Waals surface area contributed by atoms with E-state index in [4.69, 9.17) is 27.9 Å². The Bertz CT molecular complexity index is 878. The zero-order valence-corrected chi connectivity index (χ0v) is 14.7. The van der Waals surface area contributed by atoms with Crippen molar-refractivity contribution in [1.82, 2.24) is 10.3 Å². The van der Waals surface area contributed by atoms with Crippen molar-refractivity contribution in [2.45, 2.75) is 6.18 Å². The Morgan fingerprint density at radius 1 is 1.26 bits per heavy atom. The second-order valence-corrected chi connectivity index (χ2v) is 5.83. The molecule has 144 valence electrons. The largest absolute Gasteiger partial charge is 0.476 e. The lowest BCUT2D eigenvalue weighted by Crippen LogP contribution is -2.28. The van der Waals surface area contributed by atoms with Crippen LogP contribution in [0, 0.1) is 10.1 Å². The van der Waals surface area contributed by atoms with Crippen molar-refractivity contribution in [3.63, 3.8) is 0 Å². The predicted molar refractivity (Wildman–Crippen MR) is 90.2 cm³/mol. The normalized spacial score (nSPS) is 11.1. The van der Waals surface area contributed by atoms with Gasteiger partial charge in [0.1, 0.15) is 11.8 Å². The molecule has 1 N–H and O–H groups in total. The molecule has 0 fully saturated rings. The lowest BCUT2D eigenvalue weighted by molar-refractivity contribution is -0.384. The zero-order valence-electron chi connectivity index (χ0n) is 13.2. The number of rotatable bonds is 6. The topological polar surface area (TPSA) is 94.4 Å². The first-order valence-electron chi connectivity index (χ1n) is 7.17. The van der Waals surface area contributed by atoms with E-state index >= 15 is 0 Å². The highest BCUT2D eigenvalue weighted by Gasteiger charge is 2.31. The average molecular weight is 424 g/mol. The fraction of sp³-hybridized carbons (Fsp3) is 0.200. The number of nitrogens with one attached hydrogen (secondary N) is 1. The number of aromatic nitrogens is 1. The molecule has 0 aliphatic carbocycles. The molecule has 0 saturated carbocycles. The van der Waals surface area contributed by atoms with Crippen LogP contribution in [0.5, 0.6) is 5.88 Å². The van der Waals surface area contributed by atoms with Gasteiger partial charge < -0.3 is 10.1 Å². The zero-order chi connectivity index (χ0) is 20.2. The van der Waals surface area contributed by atoms with E-state index in [0.29, 0.717) is 12.1 Å². The van der Waals surface area contributed by atoms with Crippen molar-refractivity contribution >= 4 is 34.8 Å². The van der Waals surface area contributed by atoms with Gasteiger partial charge >= 0.3 is 6.18 Å². The third-order valence-corrected chi connectivity index (χ3v) is 3.66. The number of halogens is 5. The number of amides is 1. The molecule has 2 aromatic rings. The van der Waals surface area contributed by atoms with Crippen LogP contribution in [0.25, 0.3) is 0 Å². The molecule has 0 aliphatic heterocycles. The number of carbonyl (C=O) groups is 1. The van der Waals surface area contributed by atoms with Gasteiger partial charge in [0.25, 0.3) is 11.6 Å². The molecule has 1 aromatic carbocycles. The molecular weight excluding hydrogens is 414 g/mol. The SMILES string of the molecule is O=C(NCCOc1cc(C(F)(F)F)cc(Cl)n1)c1cc([N+](=O)[O-])ccc1Cl. The maximum atomic E-state index is 12.7. The standard InChI is InChI=1S/C15H10Cl2F3N3O4/c16-11-2-1-9(23(25)26)7-10(11)14(24)21-3-4-27-13-6-8(15(18,19)20)5-12(17)22-13/h1-2,5-7H,3-4H2,(H,21,24). The maximum absolute atomic E-state index is 12.7.